The molecule has 2 aromatic heterocycles. The number of hydrogen-bond acceptors (Lipinski definition) is 5. The topological polar surface area (TPSA) is 68.5 Å². The summed E-state index contributed by atoms with van der Waals surface area (Å²) in [6.07, 6.45) is 5.47. The summed E-state index contributed by atoms with van der Waals surface area (Å²) in [6, 6.07) is 0. The van der Waals surface area contributed by atoms with Crippen LogP contribution in [0.1, 0.15) is 12.5 Å². The second-order valence-corrected chi connectivity index (χ2v) is 2.97. The molecule has 0 aromatic carbocycles. The van der Waals surface area contributed by atoms with Gasteiger partial charge in [-0.1, -0.05) is 6.92 Å². The predicted molar refractivity (Wildman–Crippen MR) is 55.9 cm³/mol. The van der Waals surface area contributed by atoms with Crippen molar-refractivity contribution in [2.75, 3.05) is 12.4 Å². The lowest BCUT2D eigenvalue weighted by Gasteiger charge is -2.09. The SMILES string of the molecule is CCc1c(NC)ncnc1-n1cncn1. The van der Waals surface area contributed by atoms with E-state index < -0.39 is 0 Å². The van der Waals surface area contributed by atoms with Gasteiger partial charge < -0.3 is 5.32 Å². The van der Waals surface area contributed by atoms with Gasteiger partial charge in [-0.2, -0.15) is 5.10 Å². The zero-order chi connectivity index (χ0) is 10.7. The van der Waals surface area contributed by atoms with Crippen LogP contribution in [-0.4, -0.2) is 31.8 Å². The Hall–Kier alpha value is -1.98. The van der Waals surface area contributed by atoms with Crippen LogP contribution in [0.2, 0.25) is 0 Å². The molecule has 78 valence electrons. The predicted octanol–water partition coefficient (Wildman–Crippen LogP) is 0.661. The molecule has 0 saturated carbocycles. The van der Waals surface area contributed by atoms with E-state index in [1.54, 1.807) is 11.0 Å². The first kappa shape index (κ1) is 9.57. The monoisotopic (exact) mass is 204 g/mol. The molecule has 0 unspecified atom stereocenters. The first-order valence-corrected chi connectivity index (χ1v) is 4.73. The molecule has 1 N–H and O–H groups in total. The maximum atomic E-state index is 4.21. The molecule has 6 heteroatoms. The Morgan fingerprint density at radius 1 is 1.33 bits per heavy atom. The van der Waals surface area contributed by atoms with Crippen molar-refractivity contribution in [3.05, 3.63) is 24.5 Å². The normalized spacial score (nSPS) is 10.3. The number of nitrogens with one attached hydrogen (secondary N) is 1. The summed E-state index contributed by atoms with van der Waals surface area (Å²) < 4.78 is 1.64. The summed E-state index contributed by atoms with van der Waals surface area (Å²) in [5.74, 6) is 1.60. The lowest BCUT2D eigenvalue weighted by Crippen LogP contribution is -2.07. The summed E-state index contributed by atoms with van der Waals surface area (Å²) in [7, 11) is 1.84. The zero-order valence-electron chi connectivity index (χ0n) is 8.68. The van der Waals surface area contributed by atoms with Crippen molar-refractivity contribution in [1.29, 1.82) is 0 Å². The molecule has 6 nitrogen and oxygen atoms in total. The van der Waals surface area contributed by atoms with Gasteiger partial charge in [0.1, 0.15) is 24.8 Å². The van der Waals surface area contributed by atoms with E-state index in [0.717, 1.165) is 23.6 Å². The van der Waals surface area contributed by atoms with Gasteiger partial charge in [-0.25, -0.2) is 19.6 Å². The third-order valence-electron chi connectivity index (χ3n) is 2.15. The largest absolute Gasteiger partial charge is 0.373 e. The van der Waals surface area contributed by atoms with Crippen molar-refractivity contribution in [3.63, 3.8) is 0 Å². The average Bonchev–Trinajstić information content (AvgIpc) is 2.81. The van der Waals surface area contributed by atoms with Crippen molar-refractivity contribution in [3.8, 4) is 5.82 Å². The fraction of sp³-hybridized carbons (Fsp3) is 0.333. The second-order valence-electron chi connectivity index (χ2n) is 2.97. The van der Waals surface area contributed by atoms with Crippen LogP contribution in [0.15, 0.2) is 19.0 Å². The molecule has 0 saturated heterocycles. The Morgan fingerprint density at radius 3 is 2.80 bits per heavy atom. The molecule has 0 spiro atoms. The van der Waals surface area contributed by atoms with E-state index in [2.05, 4.69) is 32.3 Å². The van der Waals surface area contributed by atoms with Gasteiger partial charge in [0.05, 0.1) is 0 Å². The Balaban J connectivity index is 2.56. The molecular formula is C9H12N6. The first-order chi connectivity index (χ1) is 7.36. The average molecular weight is 204 g/mol. The Labute approximate surface area is 87.4 Å². The van der Waals surface area contributed by atoms with Crippen molar-refractivity contribution < 1.29 is 0 Å². The minimum atomic E-state index is 0.773. The third-order valence-corrected chi connectivity index (χ3v) is 2.15. The number of aromatic nitrogens is 5. The van der Waals surface area contributed by atoms with E-state index in [-0.39, 0.29) is 0 Å². The fourth-order valence-electron chi connectivity index (χ4n) is 1.46. The van der Waals surface area contributed by atoms with Gasteiger partial charge >= 0.3 is 0 Å². The van der Waals surface area contributed by atoms with E-state index in [0.29, 0.717) is 0 Å². The molecule has 0 amide bonds. The van der Waals surface area contributed by atoms with Gasteiger partial charge in [0.2, 0.25) is 0 Å². The highest BCUT2D eigenvalue weighted by Gasteiger charge is 2.10. The van der Waals surface area contributed by atoms with Crippen LogP contribution in [0, 0.1) is 0 Å². The number of rotatable bonds is 3. The lowest BCUT2D eigenvalue weighted by atomic mass is 10.2. The molecule has 0 fully saturated rings. The van der Waals surface area contributed by atoms with E-state index in [9.17, 15) is 0 Å². The van der Waals surface area contributed by atoms with Crippen molar-refractivity contribution in [2.24, 2.45) is 0 Å². The minimum Gasteiger partial charge on any atom is -0.373 e. The molecule has 0 aliphatic rings. The Kier molecular flexibility index (Phi) is 2.57. The highest BCUT2D eigenvalue weighted by atomic mass is 15.3. The highest BCUT2D eigenvalue weighted by molar-refractivity contribution is 5.50. The molecule has 2 aromatic rings. The first-order valence-electron chi connectivity index (χ1n) is 4.73. The molecule has 0 aliphatic carbocycles. The van der Waals surface area contributed by atoms with E-state index >= 15 is 0 Å². The third kappa shape index (κ3) is 1.65. The Morgan fingerprint density at radius 2 is 2.20 bits per heavy atom. The lowest BCUT2D eigenvalue weighted by molar-refractivity contribution is 0.817. The minimum absolute atomic E-state index is 0.773. The quantitative estimate of drug-likeness (QED) is 0.795. The number of anilines is 1. The summed E-state index contributed by atoms with van der Waals surface area (Å²) in [5, 5.41) is 7.09. The molecule has 0 radical (unpaired) electrons. The van der Waals surface area contributed by atoms with Gasteiger partial charge in [-0.05, 0) is 6.42 Å². The van der Waals surface area contributed by atoms with Crippen LogP contribution in [0.4, 0.5) is 5.82 Å². The maximum Gasteiger partial charge on any atom is 0.163 e. The van der Waals surface area contributed by atoms with Crippen molar-refractivity contribution >= 4 is 5.82 Å². The molecule has 15 heavy (non-hydrogen) atoms. The van der Waals surface area contributed by atoms with Crippen molar-refractivity contribution in [2.45, 2.75) is 13.3 Å². The van der Waals surface area contributed by atoms with Crippen LogP contribution < -0.4 is 5.32 Å². The molecule has 0 atom stereocenters. The van der Waals surface area contributed by atoms with Gasteiger partial charge in [0, 0.05) is 12.6 Å². The van der Waals surface area contributed by atoms with Crippen molar-refractivity contribution in [1.82, 2.24) is 24.7 Å². The summed E-state index contributed by atoms with van der Waals surface area (Å²) in [5.41, 5.74) is 1.03. The smallest absolute Gasteiger partial charge is 0.163 e. The second kappa shape index (κ2) is 4.04. The standard InChI is InChI=1S/C9H12N6/c1-3-7-8(10-2)12-5-13-9(7)15-6-11-4-14-15/h4-6H,3H2,1-2H3,(H,10,12,13). The van der Waals surface area contributed by atoms with E-state index in [1.165, 1.54) is 12.7 Å². The summed E-state index contributed by atoms with van der Waals surface area (Å²) >= 11 is 0. The molecular weight excluding hydrogens is 192 g/mol. The maximum absolute atomic E-state index is 4.21. The summed E-state index contributed by atoms with van der Waals surface area (Å²) in [6.45, 7) is 2.06. The van der Waals surface area contributed by atoms with Crippen LogP contribution >= 0.6 is 0 Å². The summed E-state index contributed by atoms with van der Waals surface area (Å²) in [4.78, 5) is 12.3. The van der Waals surface area contributed by atoms with Gasteiger partial charge in [-0.3, -0.25) is 0 Å². The molecule has 0 bridgehead atoms. The van der Waals surface area contributed by atoms with Gasteiger partial charge in [0.15, 0.2) is 5.82 Å². The number of nitrogens with zero attached hydrogens (tertiary/aromatic N) is 5. The van der Waals surface area contributed by atoms with Crippen LogP contribution in [0.5, 0.6) is 0 Å². The Bertz CT molecular complexity index is 436. The highest BCUT2D eigenvalue weighted by Crippen LogP contribution is 2.17. The van der Waals surface area contributed by atoms with Crippen LogP contribution in [0.25, 0.3) is 5.82 Å². The number of hydrogen-bond donors (Lipinski definition) is 1. The van der Waals surface area contributed by atoms with Crippen LogP contribution in [-0.2, 0) is 6.42 Å². The van der Waals surface area contributed by atoms with Gasteiger partial charge in [-0.15, -0.1) is 0 Å². The van der Waals surface area contributed by atoms with E-state index in [4.69, 9.17) is 0 Å². The molecule has 2 heterocycles. The zero-order valence-corrected chi connectivity index (χ0v) is 8.68. The van der Waals surface area contributed by atoms with Crippen LogP contribution in [0.3, 0.4) is 0 Å². The van der Waals surface area contributed by atoms with E-state index in [1.807, 2.05) is 7.05 Å². The van der Waals surface area contributed by atoms with Gasteiger partial charge in [0.25, 0.3) is 0 Å². The fourth-order valence-corrected chi connectivity index (χ4v) is 1.46. The molecule has 2 rings (SSSR count). The molecule has 0 aliphatic heterocycles.